The molecule has 2 nitrogen and oxygen atoms in total. The largest absolute Gasteiger partial charge is 0.344 e. The Morgan fingerprint density at radius 2 is 1.08 bits per heavy atom. The number of rotatable bonds is 0. The molecule has 1 aromatic heterocycles. The summed E-state index contributed by atoms with van der Waals surface area (Å²) in [6, 6.07) is 5.72. The normalized spacial score (nSPS) is 12.9. The van der Waals surface area contributed by atoms with Gasteiger partial charge < -0.3 is 6.15 Å². The molecule has 1 saturated carbocycles. The van der Waals surface area contributed by atoms with Crippen LogP contribution in [0, 0.1) is 0 Å². The van der Waals surface area contributed by atoms with Crippen molar-refractivity contribution in [3.63, 3.8) is 0 Å². The monoisotopic (exact) mass is 200 g/mol. The highest BCUT2D eigenvalue weighted by atomic mass is 31.0. The minimum atomic E-state index is 0. The Morgan fingerprint density at radius 1 is 0.692 bits per heavy atom. The molecule has 0 aromatic carbocycles. The number of aromatic nitrogens is 1. The Hall–Kier alpha value is -0.460. The molecule has 0 spiro atoms. The van der Waals surface area contributed by atoms with Gasteiger partial charge >= 0.3 is 0 Å². The Bertz CT molecular complexity index is 130. The lowest BCUT2D eigenvalue weighted by molar-refractivity contribution is 0.886. The van der Waals surface area contributed by atoms with Gasteiger partial charge in [0, 0.05) is 12.4 Å². The molecule has 0 saturated heterocycles. The van der Waals surface area contributed by atoms with Crippen molar-refractivity contribution < 1.29 is 0 Å². The lowest BCUT2D eigenvalue weighted by atomic mass is 10.4. The molecule has 0 amide bonds. The summed E-state index contributed by atoms with van der Waals surface area (Å²) >= 11 is 0. The zero-order chi connectivity index (χ0) is 7.78. The molecule has 1 aromatic rings. The Balaban J connectivity index is 0. The van der Waals surface area contributed by atoms with E-state index in [1.165, 1.54) is 32.1 Å². The van der Waals surface area contributed by atoms with E-state index in [2.05, 4.69) is 4.98 Å². The summed E-state index contributed by atoms with van der Waals surface area (Å²) in [7, 11) is 0. The van der Waals surface area contributed by atoms with Crippen LogP contribution in [0.2, 0.25) is 0 Å². The van der Waals surface area contributed by atoms with Gasteiger partial charge in [0.05, 0.1) is 0 Å². The smallest absolute Gasteiger partial charge is 0.0267 e. The summed E-state index contributed by atoms with van der Waals surface area (Å²) in [6.07, 6.45) is 11.0. The quantitative estimate of drug-likeness (QED) is 0.653. The van der Waals surface area contributed by atoms with E-state index < -0.39 is 0 Å². The van der Waals surface area contributed by atoms with E-state index in [0.717, 1.165) is 0 Å². The number of hydrogen-bond donors (Lipinski definition) is 1. The average Bonchev–Trinajstić information content (AvgIpc) is 2.64. The standard InChI is InChI=1S/C5H5N.C5H10.H3N.H3P/c1-2-4-6-5-3-1;1-2-4-5-3-1;;/h1-5H;1-5H2;2*1H3. The van der Waals surface area contributed by atoms with E-state index in [-0.39, 0.29) is 16.0 Å². The van der Waals surface area contributed by atoms with Gasteiger partial charge in [-0.3, -0.25) is 4.98 Å². The minimum Gasteiger partial charge on any atom is -0.344 e. The van der Waals surface area contributed by atoms with Crippen LogP contribution in [0.4, 0.5) is 0 Å². The molecule has 0 bridgehead atoms. The van der Waals surface area contributed by atoms with Crippen LogP contribution >= 0.6 is 9.90 Å². The maximum absolute atomic E-state index is 3.78. The minimum absolute atomic E-state index is 0. The molecule has 13 heavy (non-hydrogen) atoms. The van der Waals surface area contributed by atoms with Crippen LogP contribution in [0.1, 0.15) is 32.1 Å². The van der Waals surface area contributed by atoms with Gasteiger partial charge in [0.25, 0.3) is 0 Å². The fourth-order valence-corrected chi connectivity index (χ4v) is 1.20. The van der Waals surface area contributed by atoms with Crippen molar-refractivity contribution in [2.45, 2.75) is 32.1 Å². The predicted molar refractivity (Wildman–Crippen MR) is 63.4 cm³/mol. The lowest BCUT2D eigenvalue weighted by Gasteiger charge is -1.70. The van der Waals surface area contributed by atoms with Gasteiger partial charge in [-0.2, -0.15) is 9.90 Å². The van der Waals surface area contributed by atoms with Gasteiger partial charge in [0.1, 0.15) is 0 Å². The lowest BCUT2D eigenvalue weighted by Crippen LogP contribution is -1.58. The fraction of sp³-hybridized carbons (Fsp3) is 0.500. The van der Waals surface area contributed by atoms with Crippen LogP contribution in [0.3, 0.4) is 0 Å². The average molecular weight is 200 g/mol. The second kappa shape index (κ2) is 11.5. The molecule has 76 valence electrons. The number of nitrogens with zero attached hydrogens (tertiary/aromatic N) is 1. The second-order valence-electron chi connectivity index (χ2n) is 2.79. The molecular weight excluding hydrogens is 179 g/mol. The third-order valence-corrected chi connectivity index (χ3v) is 1.82. The molecule has 1 fully saturated rings. The first kappa shape index (κ1) is 15.0. The van der Waals surface area contributed by atoms with E-state index in [4.69, 9.17) is 0 Å². The van der Waals surface area contributed by atoms with Crippen LogP contribution in [-0.2, 0) is 0 Å². The number of hydrogen-bond acceptors (Lipinski definition) is 2. The van der Waals surface area contributed by atoms with Crippen LogP contribution < -0.4 is 6.15 Å². The van der Waals surface area contributed by atoms with E-state index in [0.29, 0.717) is 0 Å². The number of pyridine rings is 1. The van der Waals surface area contributed by atoms with Gasteiger partial charge in [-0.15, -0.1) is 0 Å². The van der Waals surface area contributed by atoms with Gasteiger partial charge in [-0.05, 0) is 12.1 Å². The third-order valence-electron chi connectivity index (χ3n) is 1.82. The molecule has 0 radical (unpaired) electrons. The third kappa shape index (κ3) is 9.45. The van der Waals surface area contributed by atoms with Crippen molar-refractivity contribution in [3.8, 4) is 0 Å². The van der Waals surface area contributed by atoms with Crippen LogP contribution in [0.5, 0.6) is 0 Å². The first-order valence-corrected chi connectivity index (χ1v) is 4.35. The summed E-state index contributed by atoms with van der Waals surface area (Å²) in [5, 5.41) is 0. The van der Waals surface area contributed by atoms with Crippen molar-refractivity contribution in [1.82, 2.24) is 11.1 Å². The summed E-state index contributed by atoms with van der Waals surface area (Å²) in [6.45, 7) is 0. The maximum Gasteiger partial charge on any atom is 0.0267 e. The van der Waals surface area contributed by atoms with Crippen LogP contribution in [0.15, 0.2) is 30.6 Å². The second-order valence-corrected chi connectivity index (χ2v) is 2.79. The summed E-state index contributed by atoms with van der Waals surface area (Å²) < 4.78 is 0. The van der Waals surface area contributed by atoms with Crippen LogP contribution in [-0.4, -0.2) is 4.98 Å². The van der Waals surface area contributed by atoms with E-state index in [1.807, 2.05) is 18.2 Å². The zero-order valence-corrected chi connectivity index (χ0v) is 9.70. The van der Waals surface area contributed by atoms with Crippen molar-refractivity contribution >= 4 is 9.90 Å². The first-order chi connectivity index (χ1) is 5.50. The molecular formula is C10H21N2P. The Labute approximate surface area is 84.4 Å². The molecule has 1 aliphatic rings. The topological polar surface area (TPSA) is 47.9 Å². The highest BCUT2D eigenvalue weighted by Crippen LogP contribution is 2.15. The van der Waals surface area contributed by atoms with E-state index in [9.17, 15) is 0 Å². The van der Waals surface area contributed by atoms with Gasteiger partial charge in [-0.25, -0.2) is 0 Å². The molecule has 1 aliphatic carbocycles. The molecule has 1 atom stereocenters. The molecule has 0 aliphatic heterocycles. The molecule has 3 heteroatoms. The molecule has 1 heterocycles. The molecule has 3 N–H and O–H groups in total. The van der Waals surface area contributed by atoms with E-state index >= 15 is 0 Å². The summed E-state index contributed by atoms with van der Waals surface area (Å²) in [5.41, 5.74) is 0. The fourth-order valence-electron chi connectivity index (χ4n) is 1.20. The van der Waals surface area contributed by atoms with Crippen molar-refractivity contribution in [3.05, 3.63) is 30.6 Å². The maximum atomic E-state index is 3.78. The Kier molecular flexibility index (Phi) is 13.3. The van der Waals surface area contributed by atoms with Gasteiger partial charge in [-0.1, -0.05) is 38.2 Å². The highest BCUT2D eigenvalue weighted by Gasteiger charge is 1.95. The predicted octanol–water partition coefficient (Wildman–Crippen LogP) is 3.25. The Morgan fingerprint density at radius 3 is 1.23 bits per heavy atom. The molecule has 2 rings (SSSR count). The van der Waals surface area contributed by atoms with E-state index in [1.54, 1.807) is 12.4 Å². The first-order valence-electron chi connectivity index (χ1n) is 4.35. The zero-order valence-electron chi connectivity index (χ0n) is 8.28. The summed E-state index contributed by atoms with van der Waals surface area (Å²) in [4.78, 5) is 3.78. The van der Waals surface area contributed by atoms with Crippen molar-refractivity contribution in [1.29, 1.82) is 0 Å². The highest BCUT2D eigenvalue weighted by molar-refractivity contribution is 6.92. The van der Waals surface area contributed by atoms with Crippen molar-refractivity contribution in [2.24, 2.45) is 0 Å². The molecule has 1 unspecified atom stereocenters. The summed E-state index contributed by atoms with van der Waals surface area (Å²) in [5.74, 6) is 0. The van der Waals surface area contributed by atoms with Gasteiger partial charge in [0.2, 0.25) is 0 Å². The van der Waals surface area contributed by atoms with Gasteiger partial charge in [0.15, 0.2) is 0 Å². The SMILES string of the molecule is C1CCCC1.N.P.c1ccncc1. The van der Waals surface area contributed by atoms with Crippen LogP contribution in [0.25, 0.3) is 0 Å². The van der Waals surface area contributed by atoms with Crippen molar-refractivity contribution in [2.75, 3.05) is 0 Å².